The van der Waals surface area contributed by atoms with Gasteiger partial charge in [0, 0.05) is 19.7 Å². The molecule has 3 aromatic carbocycles. The van der Waals surface area contributed by atoms with Crippen LogP contribution in [0.15, 0.2) is 77.7 Å². The fourth-order valence-corrected chi connectivity index (χ4v) is 6.60. The third-order valence-corrected chi connectivity index (χ3v) is 9.08. The van der Waals surface area contributed by atoms with E-state index in [1.54, 1.807) is 24.3 Å². The molecule has 1 N–H and O–H groups in total. The van der Waals surface area contributed by atoms with Crippen LogP contribution in [0.4, 0.5) is 4.39 Å². The Kier molecular flexibility index (Phi) is 8.55. The Labute approximate surface area is 243 Å². The van der Waals surface area contributed by atoms with E-state index in [1.807, 2.05) is 0 Å². The maximum atomic E-state index is 14.0. The number of nitrogens with zero attached hydrogens (tertiary/aromatic N) is 2. The number of fused-ring (bicyclic) bond motifs is 1. The maximum absolute atomic E-state index is 14.0. The average molecular weight is 596 g/mol. The maximum Gasteiger partial charge on any atom is 0.269 e. The topological polar surface area (TPSA) is 122 Å². The van der Waals surface area contributed by atoms with E-state index in [4.69, 9.17) is 9.47 Å². The number of rotatable bonds is 10. The third-order valence-electron chi connectivity index (χ3n) is 7.30. The minimum Gasteiger partial charge on any atom is -0.497 e. The first-order valence-electron chi connectivity index (χ1n) is 13.4. The Morgan fingerprint density at radius 3 is 2.45 bits per heavy atom. The minimum absolute atomic E-state index is 0.0311. The Bertz CT molecular complexity index is 1570. The van der Waals surface area contributed by atoms with Crippen molar-refractivity contribution in [1.29, 1.82) is 0 Å². The summed E-state index contributed by atoms with van der Waals surface area (Å²) in [6.07, 6.45) is 1.45. The predicted molar refractivity (Wildman–Crippen MR) is 149 cm³/mol. The summed E-state index contributed by atoms with van der Waals surface area (Å²) >= 11 is 0. The van der Waals surface area contributed by atoms with Gasteiger partial charge in [-0.25, -0.2) is 17.1 Å². The average Bonchev–Trinajstić information content (AvgIpc) is 3.58. The summed E-state index contributed by atoms with van der Waals surface area (Å²) in [5, 5.41) is 2.84. The van der Waals surface area contributed by atoms with Crippen LogP contribution in [0.1, 0.15) is 40.4 Å². The van der Waals surface area contributed by atoms with Crippen LogP contribution < -0.4 is 10.1 Å². The van der Waals surface area contributed by atoms with Crippen molar-refractivity contribution in [1.82, 2.24) is 14.5 Å². The molecule has 3 amide bonds. The van der Waals surface area contributed by atoms with E-state index in [9.17, 15) is 27.2 Å². The van der Waals surface area contributed by atoms with E-state index in [1.165, 1.54) is 60.5 Å². The van der Waals surface area contributed by atoms with E-state index in [0.717, 1.165) is 12.8 Å². The lowest BCUT2D eigenvalue weighted by Crippen LogP contribution is -2.48. The lowest BCUT2D eigenvalue weighted by molar-refractivity contribution is -0.141. The van der Waals surface area contributed by atoms with Gasteiger partial charge in [0.2, 0.25) is 11.8 Å². The van der Waals surface area contributed by atoms with Gasteiger partial charge in [-0.1, -0.05) is 36.4 Å². The molecule has 3 aromatic rings. The number of hydrogen-bond acceptors (Lipinski definition) is 7. The van der Waals surface area contributed by atoms with Crippen LogP contribution in [0.25, 0.3) is 0 Å². The molecule has 2 aliphatic rings. The first kappa shape index (κ1) is 29.2. The molecule has 2 atom stereocenters. The zero-order valence-electron chi connectivity index (χ0n) is 22.9. The van der Waals surface area contributed by atoms with Crippen LogP contribution in [0.5, 0.6) is 5.75 Å². The second-order valence-electron chi connectivity index (χ2n) is 10.0. The molecule has 0 aliphatic carbocycles. The van der Waals surface area contributed by atoms with Crippen LogP contribution in [0.3, 0.4) is 0 Å². The summed E-state index contributed by atoms with van der Waals surface area (Å²) in [7, 11) is -2.78. The van der Waals surface area contributed by atoms with Gasteiger partial charge in [0.05, 0.1) is 18.8 Å². The lowest BCUT2D eigenvalue weighted by Gasteiger charge is -2.33. The number of methoxy groups -OCH3 is 1. The number of ether oxygens (including phenoxy) is 2. The van der Waals surface area contributed by atoms with Gasteiger partial charge >= 0.3 is 0 Å². The lowest BCUT2D eigenvalue weighted by atomic mass is 10.0. The molecule has 1 fully saturated rings. The summed E-state index contributed by atoms with van der Waals surface area (Å²) in [5.74, 6) is -2.14. The highest BCUT2D eigenvalue weighted by molar-refractivity contribution is 7.90. The number of carbonyl (C=O) groups excluding carboxylic acids is 3. The van der Waals surface area contributed by atoms with Crippen molar-refractivity contribution in [2.45, 2.75) is 36.4 Å². The van der Waals surface area contributed by atoms with Gasteiger partial charge in [-0.3, -0.25) is 14.4 Å². The number of hydrogen-bond donors (Lipinski definition) is 1. The van der Waals surface area contributed by atoms with Crippen molar-refractivity contribution in [3.05, 3.63) is 95.3 Å². The quantitative estimate of drug-likeness (QED) is 0.382. The third kappa shape index (κ3) is 6.00. The number of sulfonamides is 1. The SMILES string of the molecule is COc1ccc(CN(C(=O)CN2C(=O)c3ccccc3S2(=O)=O)[C@H](C(=O)NC[C@@H]2CCCO2)c2ccc(F)cc2)cc1. The largest absolute Gasteiger partial charge is 0.497 e. The summed E-state index contributed by atoms with van der Waals surface area (Å²) < 4.78 is 51.7. The van der Waals surface area contributed by atoms with Crippen molar-refractivity contribution < 1.29 is 36.7 Å². The highest BCUT2D eigenvalue weighted by Gasteiger charge is 2.43. The van der Waals surface area contributed by atoms with Gasteiger partial charge in [-0.2, -0.15) is 0 Å². The van der Waals surface area contributed by atoms with Gasteiger partial charge in [0.25, 0.3) is 15.9 Å². The molecular formula is C30H30FN3O7S. The minimum atomic E-state index is -4.29. The Balaban J connectivity index is 1.50. The van der Waals surface area contributed by atoms with E-state index in [2.05, 4.69) is 5.32 Å². The first-order chi connectivity index (χ1) is 20.2. The number of nitrogens with one attached hydrogen (secondary N) is 1. The molecule has 0 unspecified atom stereocenters. The van der Waals surface area contributed by atoms with Gasteiger partial charge in [0.1, 0.15) is 29.0 Å². The Morgan fingerprint density at radius 2 is 1.81 bits per heavy atom. The Hall–Kier alpha value is -4.29. The molecule has 5 rings (SSSR count). The smallest absolute Gasteiger partial charge is 0.269 e. The van der Waals surface area contributed by atoms with Crippen LogP contribution in [-0.2, 0) is 30.9 Å². The van der Waals surface area contributed by atoms with Gasteiger partial charge in [0.15, 0.2) is 0 Å². The molecule has 0 radical (unpaired) electrons. The van der Waals surface area contributed by atoms with Crippen LogP contribution in [-0.4, -0.2) is 68.3 Å². The van der Waals surface area contributed by atoms with Crippen LogP contribution >= 0.6 is 0 Å². The molecule has 0 aromatic heterocycles. The molecule has 42 heavy (non-hydrogen) atoms. The summed E-state index contributed by atoms with van der Waals surface area (Å²) in [6, 6.07) is 16.4. The Morgan fingerprint density at radius 1 is 1.10 bits per heavy atom. The van der Waals surface area contributed by atoms with Gasteiger partial charge in [-0.15, -0.1) is 0 Å². The second kappa shape index (κ2) is 12.3. The van der Waals surface area contributed by atoms with Crippen LogP contribution in [0.2, 0.25) is 0 Å². The molecule has 0 bridgehead atoms. The molecule has 220 valence electrons. The molecule has 10 nitrogen and oxygen atoms in total. The number of benzene rings is 3. The normalized spacial score (nSPS) is 17.9. The molecule has 0 spiro atoms. The number of carbonyl (C=O) groups is 3. The monoisotopic (exact) mass is 595 g/mol. The summed E-state index contributed by atoms with van der Waals surface area (Å²) in [6.45, 7) is -0.157. The van der Waals surface area contributed by atoms with Crippen molar-refractivity contribution in [3.63, 3.8) is 0 Å². The standard InChI is InChI=1S/C30H30FN3O7S/c1-40-23-14-8-20(9-15-23)18-33(27(35)19-34-30(37)25-6-2-3-7-26(25)42(34,38)39)28(21-10-12-22(31)13-11-21)29(36)32-17-24-5-4-16-41-24/h2-3,6-15,24,28H,4-5,16-19H2,1H3,(H,32,36)/t24-,28-/m0/s1. The fraction of sp³-hybridized carbons (Fsp3) is 0.300. The number of halogens is 1. The number of amides is 3. The summed E-state index contributed by atoms with van der Waals surface area (Å²) in [5.41, 5.74) is 0.889. The van der Waals surface area contributed by atoms with Gasteiger partial charge < -0.3 is 19.7 Å². The van der Waals surface area contributed by atoms with Crippen molar-refractivity contribution in [3.8, 4) is 5.75 Å². The second-order valence-corrected chi connectivity index (χ2v) is 11.8. The molecular weight excluding hydrogens is 565 g/mol. The highest BCUT2D eigenvalue weighted by Crippen LogP contribution is 2.31. The molecule has 0 saturated carbocycles. The van der Waals surface area contributed by atoms with Crippen LogP contribution in [0, 0.1) is 5.82 Å². The van der Waals surface area contributed by atoms with E-state index in [0.29, 0.717) is 27.8 Å². The van der Waals surface area contributed by atoms with E-state index < -0.39 is 46.1 Å². The molecule has 1 saturated heterocycles. The molecule has 12 heteroatoms. The highest BCUT2D eigenvalue weighted by atomic mass is 32.2. The van der Waals surface area contributed by atoms with Crippen molar-refractivity contribution >= 4 is 27.7 Å². The van der Waals surface area contributed by atoms with E-state index >= 15 is 0 Å². The van der Waals surface area contributed by atoms with E-state index in [-0.39, 0.29) is 29.7 Å². The molecule has 2 aliphatic heterocycles. The summed E-state index contributed by atoms with van der Waals surface area (Å²) in [4.78, 5) is 41.9. The van der Waals surface area contributed by atoms with Crippen molar-refractivity contribution in [2.75, 3.05) is 26.8 Å². The first-order valence-corrected chi connectivity index (χ1v) is 14.9. The zero-order chi connectivity index (χ0) is 29.9. The molecule has 2 heterocycles. The predicted octanol–water partition coefficient (Wildman–Crippen LogP) is 3.04. The fourth-order valence-electron chi connectivity index (χ4n) is 5.09. The van der Waals surface area contributed by atoms with Gasteiger partial charge in [-0.05, 0) is 60.4 Å². The van der Waals surface area contributed by atoms with Crippen molar-refractivity contribution in [2.24, 2.45) is 0 Å². The zero-order valence-corrected chi connectivity index (χ0v) is 23.7.